The topological polar surface area (TPSA) is 47.9 Å². The third-order valence-electron chi connectivity index (χ3n) is 3.67. The molecule has 118 valence electrons. The van der Waals surface area contributed by atoms with Crippen LogP contribution in [0.5, 0.6) is 5.75 Å². The van der Waals surface area contributed by atoms with Crippen LogP contribution in [0.3, 0.4) is 0 Å². The second kappa shape index (κ2) is 6.77. The average molecular weight is 294 g/mol. The summed E-state index contributed by atoms with van der Waals surface area (Å²) in [6.07, 6.45) is 0.981. The lowest BCUT2D eigenvalue weighted by Gasteiger charge is -2.30. The summed E-state index contributed by atoms with van der Waals surface area (Å²) in [4.78, 5) is 0. The van der Waals surface area contributed by atoms with Crippen LogP contribution in [-0.4, -0.2) is 37.1 Å². The number of methoxy groups -OCH3 is 1. The van der Waals surface area contributed by atoms with E-state index in [-0.39, 0.29) is 11.7 Å². The first-order valence-corrected chi connectivity index (χ1v) is 7.51. The van der Waals surface area contributed by atoms with Crippen LogP contribution in [0.4, 0.5) is 0 Å². The molecule has 1 aromatic rings. The van der Waals surface area contributed by atoms with Crippen molar-refractivity contribution in [3.8, 4) is 5.75 Å². The van der Waals surface area contributed by atoms with Gasteiger partial charge >= 0.3 is 0 Å². The van der Waals surface area contributed by atoms with Crippen LogP contribution in [0.15, 0.2) is 18.2 Å². The van der Waals surface area contributed by atoms with E-state index in [1.807, 2.05) is 39.0 Å². The van der Waals surface area contributed by atoms with Crippen LogP contribution in [0, 0.1) is 0 Å². The van der Waals surface area contributed by atoms with Crippen LogP contribution in [0.25, 0.3) is 0 Å². The Kier molecular flexibility index (Phi) is 5.25. The normalized spacial score (nSPS) is 22.0. The van der Waals surface area contributed by atoms with Crippen LogP contribution >= 0.6 is 0 Å². The standard InChI is InChI=1S/C17H26O4/c1-17(2,3)21-10-9-20-15-8-5-12-11-13(19-4)6-7-14(12)16(15)18/h6-7,11,15-16,18H,5,8-10H2,1-4H3. The number of ether oxygens (including phenoxy) is 3. The molecule has 0 heterocycles. The summed E-state index contributed by atoms with van der Waals surface area (Å²) in [6.45, 7) is 7.11. The Balaban J connectivity index is 1.90. The predicted octanol–water partition coefficient (Wildman–Crippen LogP) is 2.88. The van der Waals surface area contributed by atoms with E-state index in [1.165, 1.54) is 0 Å². The Hall–Kier alpha value is -1.10. The number of fused-ring (bicyclic) bond motifs is 1. The van der Waals surface area contributed by atoms with Gasteiger partial charge in [-0.25, -0.2) is 0 Å². The minimum absolute atomic E-state index is 0.155. The van der Waals surface area contributed by atoms with Gasteiger partial charge in [-0.15, -0.1) is 0 Å². The monoisotopic (exact) mass is 294 g/mol. The lowest BCUT2D eigenvalue weighted by atomic mass is 9.87. The number of aliphatic hydroxyl groups excluding tert-OH is 1. The average Bonchev–Trinajstić information content (AvgIpc) is 2.44. The second-order valence-electron chi connectivity index (χ2n) is 6.42. The molecule has 4 heteroatoms. The third kappa shape index (κ3) is 4.43. The molecule has 2 unspecified atom stereocenters. The highest BCUT2D eigenvalue weighted by atomic mass is 16.5. The van der Waals surface area contributed by atoms with Crippen molar-refractivity contribution in [1.29, 1.82) is 0 Å². The van der Waals surface area contributed by atoms with Crippen LogP contribution in [0.2, 0.25) is 0 Å². The molecular formula is C17H26O4. The summed E-state index contributed by atoms with van der Waals surface area (Å²) in [5, 5.41) is 10.4. The van der Waals surface area contributed by atoms with Crippen molar-refractivity contribution in [2.24, 2.45) is 0 Å². The van der Waals surface area contributed by atoms with E-state index in [4.69, 9.17) is 14.2 Å². The minimum atomic E-state index is -0.575. The first-order valence-electron chi connectivity index (χ1n) is 7.51. The van der Waals surface area contributed by atoms with Crippen LogP contribution < -0.4 is 4.74 Å². The van der Waals surface area contributed by atoms with Gasteiger partial charge in [0.2, 0.25) is 0 Å². The van der Waals surface area contributed by atoms with Gasteiger partial charge in [-0.05, 0) is 56.9 Å². The van der Waals surface area contributed by atoms with E-state index in [1.54, 1.807) is 7.11 Å². The molecule has 1 aromatic carbocycles. The first-order chi connectivity index (χ1) is 9.90. The fourth-order valence-electron chi connectivity index (χ4n) is 2.59. The zero-order valence-corrected chi connectivity index (χ0v) is 13.4. The molecule has 0 aliphatic heterocycles. The van der Waals surface area contributed by atoms with Crippen molar-refractivity contribution >= 4 is 0 Å². The molecule has 0 bridgehead atoms. The third-order valence-corrected chi connectivity index (χ3v) is 3.67. The molecule has 0 spiro atoms. The summed E-state index contributed by atoms with van der Waals surface area (Å²) < 4.78 is 16.7. The van der Waals surface area contributed by atoms with Gasteiger partial charge in [0, 0.05) is 0 Å². The zero-order chi connectivity index (χ0) is 15.5. The van der Waals surface area contributed by atoms with E-state index in [2.05, 4.69) is 0 Å². The summed E-state index contributed by atoms with van der Waals surface area (Å²) in [7, 11) is 1.65. The Morgan fingerprint density at radius 1 is 1.24 bits per heavy atom. The quantitative estimate of drug-likeness (QED) is 0.848. The highest BCUT2D eigenvalue weighted by Crippen LogP contribution is 2.33. The van der Waals surface area contributed by atoms with E-state index in [9.17, 15) is 5.11 Å². The van der Waals surface area contributed by atoms with Gasteiger partial charge in [0.1, 0.15) is 11.9 Å². The smallest absolute Gasteiger partial charge is 0.119 e. The van der Waals surface area contributed by atoms with E-state index < -0.39 is 6.10 Å². The molecule has 2 rings (SSSR count). The number of benzene rings is 1. The van der Waals surface area contributed by atoms with Crippen molar-refractivity contribution in [3.05, 3.63) is 29.3 Å². The number of rotatable bonds is 5. The second-order valence-corrected chi connectivity index (χ2v) is 6.42. The van der Waals surface area contributed by atoms with Crippen molar-refractivity contribution < 1.29 is 19.3 Å². The molecular weight excluding hydrogens is 268 g/mol. The van der Waals surface area contributed by atoms with Gasteiger partial charge in [0.05, 0.1) is 32.0 Å². The van der Waals surface area contributed by atoms with Crippen molar-refractivity contribution in [1.82, 2.24) is 0 Å². The highest BCUT2D eigenvalue weighted by molar-refractivity contribution is 5.39. The van der Waals surface area contributed by atoms with Gasteiger partial charge < -0.3 is 19.3 Å². The lowest BCUT2D eigenvalue weighted by molar-refractivity contribution is -0.0868. The molecule has 0 radical (unpaired) electrons. The number of aliphatic hydroxyl groups is 1. The number of hydrogen-bond donors (Lipinski definition) is 1. The maximum Gasteiger partial charge on any atom is 0.119 e. The van der Waals surface area contributed by atoms with Gasteiger partial charge in [-0.1, -0.05) is 6.07 Å². The first kappa shape index (κ1) is 16.3. The van der Waals surface area contributed by atoms with Crippen molar-refractivity contribution in [2.45, 2.75) is 51.4 Å². The summed E-state index contributed by atoms with van der Waals surface area (Å²) in [6, 6.07) is 5.81. The van der Waals surface area contributed by atoms with Gasteiger partial charge in [-0.3, -0.25) is 0 Å². The molecule has 0 aromatic heterocycles. The Bertz CT molecular complexity index is 464. The number of hydrogen-bond acceptors (Lipinski definition) is 4. The Labute approximate surface area is 127 Å². The lowest BCUT2D eigenvalue weighted by Crippen LogP contribution is -2.30. The van der Waals surface area contributed by atoms with Gasteiger partial charge in [-0.2, -0.15) is 0 Å². The molecule has 0 saturated carbocycles. The Morgan fingerprint density at radius 2 is 2.00 bits per heavy atom. The van der Waals surface area contributed by atoms with Crippen molar-refractivity contribution in [3.63, 3.8) is 0 Å². The minimum Gasteiger partial charge on any atom is -0.497 e. The molecule has 21 heavy (non-hydrogen) atoms. The predicted molar refractivity (Wildman–Crippen MR) is 81.7 cm³/mol. The highest BCUT2D eigenvalue weighted by Gasteiger charge is 2.28. The molecule has 4 nitrogen and oxygen atoms in total. The Morgan fingerprint density at radius 3 is 2.67 bits per heavy atom. The zero-order valence-electron chi connectivity index (χ0n) is 13.4. The fourth-order valence-corrected chi connectivity index (χ4v) is 2.59. The van der Waals surface area contributed by atoms with Crippen LogP contribution in [-0.2, 0) is 15.9 Å². The summed E-state index contributed by atoms with van der Waals surface area (Å²) >= 11 is 0. The van der Waals surface area contributed by atoms with E-state index in [0.717, 1.165) is 29.7 Å². The van der Waals surface area contributed by atoms with Gasteiger partial charge in [0.15, 0.2) is 0 Å². The molecule has 1 aliphatic carbocycles. The molecule has 1 N–H and O–H groups in total. The van der Waals surface area contributed by atoms with Gasteiger partial charge in [0.25, 0.3) is 0 Å². The molecule has 1 aliphatic rings. The molecule has 0 saturated heterocycles. The fraction of sp³-hybridized carbons (Fsp3) is 0.647. The largest absolute Gasteiger partial charge is 0.497 e. The SMILES string of the molecule is COc1ccc2c(c1)CCC(OCCOC(C)(C)C)C2O. The summed E-state index contributed by atoms with van der Waals surface area (Å²) in [5.41, 5.74) is 1.94. The van der Waals surface area contributed by atoms with E-state index in [0.29, 0.717) is 13.2 Å². The molecule has 2 atom stereocenters. The maximum absolute atomic E-state index is 10.4. The summed E-state index contributed by atoms with van der Waals surface area (Å²) in [5.74, 6) is 0.832. The van der Waals surface area contributed by atoms with E-state index >= 15 is 0 Å². The maximum atomic E-state index is 10.4. The number of aryl methyl sites for hydroxylation is 1. The van der Waals surface area contributed by atoms with Crippen molar-refractivity contribution in [2.75, 3.05) is 20.3 Å². The van der Waals surface area contributed by atoms with Crippen LogP contribution in [0.1, 0.15) is 44.4 Å². The molecule has 0 amide bonds. The molecule has 0 fully saturated rings.